The molecule has 0 bridgehead atoms. The topological polar surface area (TPSA) is 72.0 Å². The van der Waals surface area contributed by atoms with Crippen LogP contribution in [-0.2, 0) is 11.2 Å². The molecule has 4 rings (SSSR count). The molecule has 0 fully saturated rings. The highest BCUT2D eigenvalue weighted by Crippen LogP contribution is 2.32. The van der Waals surface area contributed by atoms with Crippen LogP contribution in [0, 0.1) is 6.92 Å². The lowest BCUT2D eigenvalue weighted by molar-refractivity contribution is -0.117. The number of carbonyl (C=O) groups excluding carboxylic acids is 2. The second kappa shape index (κ2) is 8.57. The Labute approximate surface area is 176 Å². The van der Waals surface area contributed by atoms with Gasteiger partial charge in [0.15, 0.2) is 5.78 Å². The van der Waals surface area contributed by atoms with E-state index in [0.29, 0.717) is 30.5 Å². The minimum atomic E-state index is -0.271. The van der Waals surface area contributed by atoms with Gasteiger partial charge in [0.05, 0.1) is 17.2 Å². The van der Waals surface area contributed by atoms with Crippen molar-refractivity contribution in [3.63, 3.8) is 0 Å². The molecule has 1 aromatic heterocycles. The van der Waals surface area contributed by atoms with Crippen LogP contribution in [0.2, 0.25) is 0 Å². The third kappa shape index (κ3) is 4.15. The van der Waals surface area contributed by atoms with Crippen molar-refractivity contribution in [1.82, 2.24) is 9.97 Å². The summed E-state index contributed by atoms with van der Waals surface area (Å²) in [6, 6.07) is 18.0. The van der Waals surface area contributed by atoms with Gasteiger partial charge in [-0.1, -0.05) is 67.1 Å². The van der Waals surface area contributed by atoms with Crippen LogP contribution in [-0.4, -0.2) is 21.7 Å². The van der Waals surface area contributed by atoms with E-state index in [2.05, 4.69) is 39.6 Å². The highest BCUT2D eigenvalue weighted by atomic mass is 16.2. The molecule has 1 aliphatic carbocycles. The van der Waals surface area contributed by atoms with Crippen LogP contribution in [0.15, 0.2) is 60.8 Å². The van der Waals surface area contributed by atoms with E-state index >= 15 is 0 Å². The number of anilines is 1. The van der Waals surface area contributed by atoms with Gasteiger partial charge in [-0.3, -0.25) is 14.9 Å². The molecule has 2 aromatic carbocycles. The Morgan fingerprint density at radius 1 is 1.10 bits per heavy atom. The van der Waals surface area contributed by atoms with Crippen LogP contribution in [0.25, 0.3) is 0 Å². The fraction of sp³-hybridized carbons (Fsp3) is 0.280. The van der Waals surface area contributed by atoms with E-state index in [1.54, 1.807) is 6.20 Å². The molecule has 1 N–H and O–H groups in total. The molecule has 0 spiro atoms. The predicted molar refractivity (Wildman–Crippen MR) is 117 cm³/mol. The fourth-order valence-electron chi connectivity index (χ4n) is 4.03. The number of aryl methyl sites for hydroxylation is 1. The number of carbonyl (C=O) groups is 2. The Balaban J connectivity index is 1.55. The van der Waals surface area contributed by atoms with E-state index in [4.69, 9.17) is 0 Å². The monoisotopic (exact) mass is 399 g/mol. The Kier molecular flexibility index (Phi) is 5.70. The average molecular weight is 399 g/mol. The number of nitrogens with one attached hydrogen (secondary N) is 1. The van der Waals surface area contributed by atoms with Crippen LogP contribution >= 0.6 is 0 Å². The maximum absolute atomic E-state index is 12.8. The van der Waals surface area contributed by atoms with Crippen LogP contribution in [0.3, 0.4) is 0 Å². The van der Waals surface area contributed by atoms with Gasteiger partial charge in [0.25, 0.3) is 0 Å². The van der Waals surface area contributed by atoms with E-state index in [-0.39, 0.29) is 29.5 Å². The zero-order valence-corrected chi connectivity index (χ0v) is 17.3. The smallest absolute Gasteiger partial charge is 0.234 e. The van der Waals surface area contributed by atoms with Crippen molar-refractivity contribution in [2.75, 3.05) is 5.32 Å². The van der Waals surface area contributed by atoms with E-state index in [1.165, 1.54) is 5.56 Å². The lowest BCUT2D eigenvalue weighted by Gasteiger charge is -2.23. The number of aromatic nitrogens is 2. The van der Waals surface area contributed by atoms with Gasteiger partial charge in [-0.25, -0.2) is 9.97 Å². The zero-order chi connectivity index (χ0) is 21.1. The molecule has 2 atom stereocenters. The Morgan fingerprint density at radius 2 is 1.83 bits per heavy atom. The van der Waals surface area contributed by atoms with Crippen molar-refractivity contribution < 1.29 is 9.59 Å². The van der Waals surface area contributed by atoms with Crippen molar-refractivity contribution in [2.24, 2.45) is 0 Å². The molecule has 3 aromatic rings. The largest absolute Gasteiger partial charge is 0.294 e. The Morgan fingerprint density at radius 3 is 2.53 bits per heavy atom. The summed E-state index contributed by atoms with van der Waals surface area (Å²) in [5.74, 6) is -0.00805. The quantitative estimate of drug-likeness (QED) is 0.667. The molecule has 0 saturated carbocycles. The van der Waals surface area contributed by atoms with Gasteiger partial charge in [0, 0.05) is 12.6 Å². The maximum atomic E-state index is 12.8. The molecular weight excluding hydrogens is 374 g/mol. The number of nitrogens with zero attached hydrogens (tertiary/aromatic N) is 2. The summed E-state index contributed by atoms with van der Waals surface area (Å²) in [6.45, 7) is 4.03. The average Bonchev–Trinajstić information content (AvgIpc) is 2.75. The van der Waals surface area contributed by atoms with Gasteiger partial charge >= 0.3 is 0 Å². The van der Waals surface area contributed by atoms with Crippen molar-refractivity contribution in [2.45, 2.75) is 44.9 Å². The first-order valence-electron chi connectivity index (χ1n) is 10.4. The van der Waals surface area contributed by atoms with Gasteiger partial charge < -0.3 is 0 Å². The predicted octanol–water partition coefficient (Wildman–Crippen LogP) is 4.83. The summed E-state index contributed by atoms with van der Waals surface area (Å²) in [5, 5.41) is 2.85. The lowest BCUT2D eigenvalue weighted by atomic mass is 9.82. The minimum Gasteiger partial charge on any atom is -0.294 e. The molecule has 0 aliphatic heterocycles. The van der Waals surface area contributed by atoms with Gasteiger partial charge in [-0.2, -0.15) is 0 Å². The molecule has 1 aliphatic rings. The number of hydrogen-bond donors (Lipinski definition) is 1. The van der Waals surface area contributed by atoms with Crippen LogP contribution < -0.4 is 5.32 Å². The number of rotatable bonds is 5. The summed E-state index contributed by atoms with van der Waals surface area (Å²) in [4.78, 5) is 34.3. The SMILES string of the molecule is CC[C@@H](C(=O)Nc1ncc2c(n1)C[C@@H](c1ccc(C)cc1)CC2=O)c1ccccc1. The second-order valence-electron chi connectivity index (χ2n) is 7.85. The van der Waals surface area contributed by atoms with Crippen molar-refractivity contribution in [3.8, 4) is 0 Å². The van der Waals surface area contributed by atoms with Crippen molar-refractivity contribution in [1.29, 1.82) is 0 Å². The normalized spacial score (nSPS) is 16.6. The van der Waals surface area contributed by atoms with E-state index < -0.39 is 0 Å². The lowest BCUT2D eigenvalue weighted by Crippen LogP contribution is -2.24. The van der Waals surface area contributed by atoms with Crippen LogP contribution in [0.5, 0.6) is 0 Å². The molecule has 5 nitrogen and oxygen atoms in total. The second-order valence-corrected chi connectivity index (χ2v) is 7.85. The first-order valence-corrected chi connectivity index (χ1v) is 10.4. The molecular formula is C25H25N3O2. The van der Waals surface area contributed by atoms with Crippen LogP contribution in [0.4, 0.5) is 5.95 Å². The molecule has 30 heavy (non-hydrogen) atoms. The number of benzene rings is 2. The number of amides is 1. The van der Waals surface area contributed by atoms with Gasteiger partial charge in [-0.15, -0.1) is 0 Å². The van der Waals surface area contributed by atoms with E-state index in [0.717, 1.165) is 11.1 Å². The number of ketones is 1. The molecule has 0 saturated heterocycles. The van der Waals surface area contributed by atoms with Crippen LogP contribution in [0.1, 0.15) is 64.3 Å². The minimum absolute atomic E-state index is 0.0513. The van der Waals surface area contributed by atoms with Crippen molar-refractivity contribution >= 4 is 17.6 Å². The summed E-state index contributed by atoms with van der Waals surface area (Å²) in [7, 11) is 0. The maximum Gasteiger partial charge on any atom is 0.234 e. The Bertz CT molecular complexity index is 1060. The molecule has 1 heterocycles. The third-order valence-corrected chi connectivity index (χ3v) is 5.75. The third-order valence-electron chi connectivity index (χ3n) is 5.75. The fourth-order valence-corrected chi connectivity index (χ4v) is 4.03. The summed E-state index contributed by atoms with van der Waals surface area (Å²) < 4.78 is 0. The van der Waals surface area contributed by atoms with Gasteiger partial charge in [0.1, 0.15) is 0 Å². The zero-order valence-electron chi connectivity index (χ0n) is 17.3. The van der Waals surface area contributed by atoms with E-state index in [9.17, 15) is 9.59 Å². The molecule has 0 radical (unpaired) electrons. The number of fused-ring (bicyclic) bond motifs is 1. The standard InChI is InChI=1S/C25H25N3O2/c1-3-20(18-7-5-4-6-8-18)24(30)28-25-26-15-21-22(27-25)13-19(14-23(21)29)17-11-9-16(2)10-12-17/h4-12,15,19-20H,3,13-14H2,1-2H3,(H,26,27,28,30)/t19-,20-/m1/s1. The van der Waals surface area contributed by atoms with Gasteiger partial charge in [-0.05, 0) is 36.8 Å². The summed E-state index contributed by atoms with van der Waals surface area (Å²) in [5.41, 5.74) is 4.56. The molecule has 5 heteroatoms. The molecule has 152 valence electrons. The van der Waals surface area contributed by atoms with E-state index in [1.807, 2.05) is 44.2 Å². The molecule has 1 amide bonds. The summed E-state index contributed by atoms with van der Waals surface area (Å²) >= 11 is 0. The highest BCUT2D eigenvalue weighted by Gasteiger charge is 2.28. The number of Topliss-reactive ketones (excluding diaryl/α,β-unsaturated/α-hetero) is 1. The molecule has 0 unspecified atom stereocenters. The summed E-state index contributed by atoms with van der Waals surface area (Å²) in [6.07, 6.45) is 3.34. The first-order chi connectivity index (χ1) is 14.5. The highest BCUT2D eigenvalue weighted by molar-refractivity contribution is 5.99. The first kappa shape index (κ1) is 20.0. The number of hydrogen-bond acceptors (Lipinski definition) is 4. The Hall–Kier alpha value is -3.34. The van der Waals surface area contributed by atoms with Gasteiger partial charge in [0.2, 0.25) is 11.9 Å². The van der Waals surface area contributed by atoms with Crippen molar-refractivity contribution in [3.05, 3.63) is 88.7 Å².